The van der Waals surface area contributed by atoms with Crippen LogP contribution in [0.25, 0.3) is 0 Å². The van der Waals surface area contributed by atoms with Gasteiger partial charge in [-0.2, -0.15) is 0 Å². The summed E-state index contributed by atoms with van der Waals surface area (Å²) in [5.74, 6) is -1.04. The molecule has 0 amide bonds. The van der Waals surface area contributed by atoms with Crippen molar-refractivity contribution in [2.75, 3.05) is 20.3 Å². The number of hydrogen-bond donors (Lipinski definition) is 1. The van der Waals surface area contributed by atoms with E-state index < -0.39 is 11.6 Å². The molecule has 5 heteroatoms. The summed E-state index contributed by atoms with van der Waals surface area (Å²) in [7, 11) is 1.61. The quantitative estimate of drug-likeness (QED) is 0.609. The molecular formula is C13H18BrF2NO. The first-order valence-corrected chi connectivity index (χ1v) is 6.76. The van der Waals surface area contributed by atoms with Gasteiger partial charge in [0.1, 0.15) is 11.6 Å². The predicted octanol–water partition coefficient (Wildman–Crippen LogP) is 3.80. The number of methoxy groups -OCH3 is 1. The van der Waals surface area contributed by atoms with Crippen molar-refractivity contribution in [3.63, 3.8) is 0 Å². The van der Waals surface area contributed by atoms with Crippen molar-refractivity contribution in [1.29, 1.82) is 0 Å². The Morgan fingerprint density at radius 3 is 2.72 bits per heavy atom. The molecule has 0 heterocycles. The third kappa shape index (κ3) is 4.00. The lowest BCUT2D eigenvalue weighted by Crippen LogP contribution is -2.23. The molecule has 0 radical (unpaired) electrons. The summed E-state index contributed by atoms with van der Waals surface area (Å²) in [6, 6.07) is 2.33. The molecule has 0 saturated carbocycles. The lowest BCUT2D eigenvalue weighted by Gasteiger charge is -2.20. The molecule has 0 aliphatic carbocycles. The van der Waals surface area contributed by atoms with Crippen LogP contribution in [0.15, 0.2) is 16.6 Å². The van der Waals surface area contributed by atoms with Gasteiger partial charge in [-0.05, 0) is 47.4 Å². The van der Waals surface area contributed by atoms with Crippen LogP contribution in [0.1, 0.15) is 31.4 Å². The van der Waals surface area contributed by atoms with Gasteiger partial charge >= 0.3 is 0 Å². The van der Waals surface area contributed by atoms with Gasteiger partial charge in [-0.3, -0.25) is 0 Å². The van der Waals surface area contributed by atoms with Crippen LogP contribution in [0.3, 0.4) is 0 Å². The highest BCUT2D eigenvalue weighted by Crippen LogP contribution is 2.29. The molecule has 0 aromatic heterocycles. The van der Waals surface area contributed by atoms with Crippen LogP contribution < -0.4 is 5.32 Å². The van der Waals surface area contributed by atoms with Crippen molar-refractivity contribution in [2.24, 2.45) is 0 Å². The molecule has 1 N–H and O–H groups in total. The maximum absolute atomic E-state index is 14.0. The second-order valence-electron chi connectivity index (χ2n) is 4.00. The first-order chi connectivity index (χ1) is 8.61. The number of hydrogen-bond acceptors (Lipinski definition) is 2. The zero-order chi connectivity index (χ0) is 13.5. The highest BCUT2D eigenvalue weighted by atomic mass is 79.9. The molecule has 0 aliphatic rings. The van der Waals surface area contributed by atoms with Gasteiger partial charge in [-0.15, -0.1) is 0 Å². The highest BCUT2D eigenvalue weighted by molar-refractivity contribution is 9.10. The SMILES string of the molecule is CCNC(CCCOC)c1c(F)ccc(Br)c1F. The van der Waals surface area contributed by atoms with Gasteiger partial charge in [0, 0.05) is 25.3 Å². The van der Waals surface area contributed by atoms with Crippen LogP contribution in [0.5, 0.6) is 0 Å². The lowest BCUT2D eigenvalue weighted by atomic mass is 10.0. The van der Waals surface area contributed by atoms with Gasteiger partial charge in [-0.25, -0.2) is 8.78 Å². The molecule has 102 valence electrons. The average molecular weight is 322 g/mol. The van der Waals surface area contributed by atoms with Crippen molar-refractivity contribution >= 4 is 15.9 Å². The Morgan fingerprint density at radius 1 is 1.39 bits per heavy atom. The average Bonchev–Trinajstić information content (AvgIpc) is 2.35. The fourth-order valence-corrected chi connectivity index (χ4v) is 2.23. The largest absolute Gasteiger partial charge is 0.385 e. The molecule has 1 unspecified atom stereocenters. The third-order valence-corrected chi connectivity index (χ3v) is 3.33. The molecule has 0 fully saturated rings. The van der Waals surface area contributed by atoms with E-state index in [1.54, 1.807) is 7.11 Å². The van der Waals surface area contributed by atoms with E-state index in [4.69, 9.17) is 4.74 Å². The van der Waals surface area contributed by atoms with E-state index in [2.05, 4.69) is 21.2 Å². The third-order valence-electron chi connectivity index (χ3n) is 2.72. The monoisotopic (exact) mass is 321 g/mol. The molecule has 0 bridgehead atoms. The van der Waals surface area contributed by atoms with Gasteiger partial charge < -0.3 is 10.1 Å². The molecule has 0 spiro atoms. The molecule has 1 atom stereocenters. The topological polar surface area (TPSA) is 21.3 Å². The minimum Gasteiger partial charge on any atom is -0.385 e. The first-order valence-electron chi connectivity index (χ1n) is 5.97. The van der Waals surface area contributed by atoms with E-state index in [1.165, 1.54) is 12.1 Å². The summed E-state index contributed by atoms with van der Waals surface area (Å²) >= 11 is 3.09. The zero-order valence-electron chi connectivity index (χ0n) is 10.6. The van der Waals surface area contributed by atoms with Crippen molar-refractivity contribution in [1.82, 2.24) is 5.32 Å². The van der Waals surface area contributed by atoms with E-state index in [0.717, 1.165) is 6.42 Å². The smallest absolute Gasteiger partial charge is 0.145 e. The number of rotatable bonds is 7. The summed E-state index contributed by atoms with van der Waals surface area (Å²) in [6.07, 6.45) is 1.38. The van der Waals surface area contributed by atoms with Crippen molar-refractivity contribution in [3.05, 3.63) is 33.8 Å². The maximum atomic E-state index is 14.0. The molecule has 1 rings (SSSR count). The fourth-order valence-electron chi connectivity index (χ4n) is 1.89. The number of halogens is 3. The number of benzene rings is 1. The summed E-state index contributed by atoms with van der Waals surface area (Å²) in [5, 5.41) is 3.11. The standard InChI is InChI=1S/C13H18BrF2NO/c1-3-17-11(5-4-8-18-2)12-10(15)7-6-9(14)13(12)16/h6-7,11,17H,3-5,8H2,1-2H3. The second-order valence-corrected chi connectivity index (χ2v) is 4.86. The second kappa shape index (κ2) is 7.81. The van der Waals surface area contributed by atoms with E-state index in [-0.39, 0.29) is 16.1 Å². The van der Waals surface area contributed by atoms with E-state index in [1.807, 2.05) is 6.92 Å². The molecular weight excluding hydrogens is 304 g/mol. The van der Waals surface area contributed by atoms with Crippen molar-refractivity contribution in [2.45, 2.75) is 25.8 Å². The van der Waals surface area contributed by atoms with Gasteiger partial charge in [0.15, 0.2) is 0 Å². The molecule has 0 aliphatic heterocycles. The van der Waals surface area contributed by atoms with Crippen molar-refractivity contribution < 1.29 is 13.5 Å². The van der Waals surface area contributed by atoms with Crippen molar-refractivity contribution in [3.8, 4) is 0 Å². The summed E-state index contributed by atoms with van der Waals surface area (Å²) in [6.45, 7) is 3.15. The Morgan fingerprint density at radius 2 is 2.11 bits per heavy atom. The highest BCUT2D eigenvalue weighted by Gasteiger charge is 2.21. The Balaban J connectivity index is 2.93. The van der Waals surface area contributed by atoms with Crippen LogP contribution in [-0.4, -0.2) is 20.3 Å². The fraction of sp³-hybridized carbons (Fsp3) is 0.538. The minimum atomic E-state index is -0.529. The van der Waals surface area contributed by atoms with E-state index in [9.17, 15) is 8.78 Å². The number of nitrogens with one attached hydrogen (secondary N) is 1. The van der Waals surface area contributed by atoms with Crippen LogP contribution in [0.4, 0.5) is 8.78 Å². The lowest BCUT2D eigenvalue weighted by molar-refractivity contribution is 0.188. The van der Waals surface area contributed by atoms with Crippen LogP contribution >= 0.6 is 15.9 Å². The van der Waals surface area contributed by atoms with Gasteiger partial charge in [-0.1, -0.05) is 6.92 Å². The Labute approximate surface area is 115 Å². The Kier molecular flexibility index (Phi) is 6.75. The van der Waals surface area contributed by atoms with E-state index >= 15 is 0 Å². The van der Waals surface area contributed by atoms with Gasteiger partial charge in [0.2, 0.25) is 0 Å². The van der Waals surface area contributed by atoms with Crippen LogP contribution in [0.2, 0.25) is 0 Å². The predicted molar refractivity (Wildman–Crippen MR) is 71.6 cm³/mol. The summed E-state index contributed by atoms with van der Waals surface area (Å²) in [4.78, 5) is 0. The van der Waals surface area contributed by atoms with Gasteiger partial charge in [0.05, 0.1) is 4.47 Å². The van der Waals surface area contributed by atoms with E-state index in [0.29, 0.717) is 19.6 Å². The normalized spacial score (nSPS) is 12.7. The summed E-state index contributed by atoms with van der Waals surface area (Å²) in [5.41, 5.74) is 0.0994. The van der Waals surface area contributed by atoms with Crippen LogP contribution in [0, 0.1) is 11.6 Å². The number of ether oxygens (including phenoxy) is 1. The molecule has 1 aromatic carbocycles. The zero-order valence-corrected chi connectivity index (χ0v) is 12.2. The first kappa shape index (κ1) is 15.5. The summed E-state index contributed by atoms with van der Waals surface area (Å²) < 4.78 is 33.0. The molecule has 1 aromatic rings. The van der Waals surface area contributed by atoms with Crippen LogP contribution in [-0.2, 0) is 4.74 Å². The minimum absolute atomic E-state index is 0.0994. The molecule has 18 heavy (non-hydrogen) atoms. The maximum Gasteiger partial charge on any atom is 0.145 e. The van der Waals surface area contributed by atoms with Gasteiger partial charge in [0.25, 0.3) is 0 Å². The molecule has 2 nitrogen and oxygen atoms in total. The Bertz CT molecular complexity index is 387. The molecule has 0 saturated heterocycles. The Hall–Kier alpha value is -0.520.